The number of hydrogen-bond donors (Lipinski definition) is 2. The second-order valence-electron chi connectivity index (χ2n) is 4.04. The molecule has 1 aromatic heterocycles. The molecular formula is C12H21N3O. The molecule has 0 spiro atoms. The number of nitrogens with zero attached hydrogens (tertiary/aromatic N) is 1. The first-order valence-corrected chi connectivity index (χ1v) is 5.82. The van der Waals surface area contributed by atoms with Gasteiger partial charge in [0.25, 0.3) is 0 Å². The smallest absolute Gasteiger partial charge is 0.222 e. The standard InChI is InChI=1S/C12H21N3O/c1-11(5-4-6-13)12(16)14-7-10-15-8-2-3-9-15/h2-3,8-9,11H,4-7,10,13H2,1H3,(H,14,16). The summed E-state index contributed by atoms with van der Waals surface area (Å²) in [4.78, 5) is 11.6. The molecule has 3 N–H and O–H groups in total. The zero-order valence-electron chi connectivity index (χ0n) is 9.86. The molecule has 0 saturated carbocycles. The molecule has 90 valence electrons. The molecule has 1 aromatic rings. The zero-order chi connectivity index (χ0) is 11.8. The fourth-order valence-corrected chi connectivity index (χ4v) is 1.56. The van der Waals surface area contributed by atoms with Gasteiger partial charge in [-0.2, -0.15) is 0 Å². The van der Waals surface area contributed by atoms with Crippen LogP contribution in [0.4, 0.5) is 0 Å². The second kappa shape index (κ2) is 7.06. The normalized spacial score (nSPS) is 12.4. The third-order valence-corrected chi connectivity index (χ3v) is 2.62. The number of carbonyl (C=O) groups is 1. The maximum atomic E-state index is 11.6. The van der Waals surface area contributed by atoms with Crippen LogP contribution in [0.15, 0.2) is 24.5 Å². The Labute approximate surface area is 96.8 Å². The predicted molar refractivity (Wildman–Crippen MR) is 64.9 cm³/mol. The van der Waals surface area contributed by atoms with E-state index in [0.717, 1.165) is 19.4 Å². The van der Waals surface area contributed by atoms with Crippen LogP contribution in [0, 0.1) is 5.92 Å². The Morgan fingerprint density at radius 1 is 1.44 bits per heavy atom. The summed E-state index contributed by atoms with van der Waals surface area (Å²) in [5.74, 6) is 0.189. The quantitative estimate of drug-likeness (QED) is 0.724. The molecule has 0 aliphatic carbocycles. The molecule has 1 amide bonds. The van der Waals surface area contributed by atoms with Crippen molar-refractivity contribution in [1.29, 1.82) is 0 Å². The van der Waals surface area contributed by atoms with Crippen LogP contribution in [-0.2, 0) is 11.3 Å². The van der Waals surface area contributed by atoms with Crippen molar-refractivity contribution >= 4 is 5.91 Å². The lowest BCUT2D eigenvalue weighted by Crippen LogP contribution is -2.32. The summed E-state index contributed by atoms with van der Waals surface area (Å²) in [6.45, 7) is 4.10. The molecule has 0 aliphatic rings. The Morgan fingerprint density at radius 2 is 2.12 bits per heavy atom. The van der Waals surface area contributed by atoms with E-state index in [1.165, 1.54) is 0 Å². The molecule has 0 bridgehead atoms. The second-order valence-corrected chi connectivity index (χ2v) is 4.04. The minimum Gasteiger partial charge on any atom is -0.354 e. The van der Waals surface area contributed by atoms with Crippen LogP contribution >= 0.6 is 0 Å². The number of amides is 1. The lowest BCUT2D eigenvalue weighted by molar-refractivity contribution is -0.124. The molecule has 4 nitrogen and oxygen atoms in total. The third-order valence-electron chi connectivity index (χ3n) is 2.62. The maximum absolute atomic E-state index is 11.6. The summed E-state index contributed by atoms with van der Waals surface area (Å²) in [5.41, 5.74) is 5.41. The number of rotatable bonds is 7. The largest absolute Gasteiger partial charge is 0.354 e. The van der Waals surface area contributed by atoms with Crippen molar-refractivity contribution in [2.45, 2.75) is 26.3 Å². The van der Waals surface area contributed by atoms with Gasteiger partial charge < -0.3 is 15.6 Å². The Balaban J connectivity index is 2.14. The summed E-state index contributed by atoms with van der Waals surface area (Å²) >= 11 is 0. The fraction of sp³-hybridized carbons (Fsp3) is 0.583. The molecule has 0 aromatic carbocycles. The third kappa shape index (κ3) is 4.49. The van der Waals surface area contributed by atoms with Crippen LogP contribution in [0.1, 0.15) is 19.8 Å². The molecule has 1 rings (SSSR count). The van der Waals surface area contributed by atoms with Crippen LogP contribution in [-0.4, -0.2) is 23.6 Å². The highest BCUT2D eigenvalue weighted by atomic mass is 16.1. The van der Waals surface area contributed by atoms with Crippen molar-refractivity contribution < 1.29 is 4.79 Å². The van der Waals surface area contributed by atoms with Crippen molar-refractivity contribution in [2.24, 2.45) is 11.7 Å². The molecule has 0 fully saturated rings. The van der Waals surface area contributed by atoms with Crippen molar-refractivity contribution in [3.05, 3.63) is 24.5 Å². The van der Waals surface area contributed by atoms with E-state index in [2.05, 4.69) is 5.32 Å². The van der Waals surface area contributed by atoms with Gasteiger partial charge in [-0.1, -0.05) is 6.92 Å². The highest BCUT2D eigenvalue weighted by Gasteiger charge is 2.10. The summed E-state index contributed by atoms with van der Waals surface area (Å²) in [5, 5.41) is 2.93. The minimum absolute atomic E-state index is 0.0632. The van der Waals surface area contributed by atoms with Crippen LogP contribution in [0.3, 0.4) is 0 Å². The Morgan fingerprint density at radius 3 is 2.75 bits per heavy atom. The highest BCUT2D eigenvalue weighted by Crippen LogP contribution is 2.04. The molecular weight excluding hydrogens is 202 g/mol. The van der Waals surface area contributed by atoms with E-state index in [9.17, 15) is 4.79 Å². The van der Waals surface area contributed by atoms with E-state index in [0.29, 0.717) is 13.1 Å². The molecule has 0 radical (unpaired) electrons. The van der Waals surface area contributed by atoms with Crippen LogP contribution in [0.5, 0.6) is 0 Å². The van der Waals surface area contributed by atoms with E-state index in [4.69, 9.17) is 5.73 Å². The maximum Gasteiger partial charge on any atom is 0.222 e. The number of nitrogens with two attached hydrogens (primary N) is 1. The molecule has 1 unspecified atom stereocenters. The van der Waals surface area contributed by atoms with Gasteiger partial charge in [-0.15, -0.1) is 0 Å². The van der Waals surface area contributed by atoms with Crippen molar-refractivity contribution in [3.63, 3.8) is 0 Å². The number of hydrogen-bond acceptors (Lipinski definition) is 2. The monoisotopic (exact) mass is 223 g/mol. The van der Waals surface area contributed by atoms with Gasteiger partial charge in [-0.05, 0) is 31.5 Å². The molecule has 1 atom stereocenters. The molecule has 0 aliphatic heterocycles. The molecule has 16 heavy (non-hydrogen) atoms. The summed E-state index contributed by atoms with van der Waals surface area (Å²) < 4.78 is 2.05. The SMILES string of the molecule is CC(CCCN)C(=O)NCCn1cccc1. The van der Waals surface area contributed by atoms with Gasteiger partial charge in [0.2, 0.25) is 5.91 Å². The van der Waals surface area contributed by atoms with E-state index in [1.807, 2.05) is 36.0 Å². The Kier molecular flexibility index (Phi) is 5.64. The highest BCUT2D eigenvalue weighted by molar-refractivity contribution is 5.78. The molecule has 0 saturated heterocycles. The topological polar surface area (TPSA) is 60.1 Å². The van der Waals surface area contributed by atoms with E-state index < -0.39 is 0 Å². The van der Waals surface area contributed by atoms with Gasteiger partial charge in [0, 0.05) is 31.4 Å². The van der Waals surface area contributed by atoms with Crippen molar-refractivity contribution in [2.75, 3.05) is 13.1 Å². The van der Waals surface area contributed by atoms with Gasteiger partial charge in [-0.25, -0.2) is 0 Å². The lowest BCUT2D eigenvalue weighted by Gasteiger charge is -2.11. The van der Waals surface area contributed by atoms with Gasteiger partial charge in [0.1, 0.15) is 0 Å². The van der Waals surface area contributed by atoms with E-state index >= 15 is 0 Å². The summed E-state index contributed by atoms with van der Waals surface area (Å²) in [7, 11) is 0. The van der Waals surface area contributed by atoms with Gasteiger partial charge in [-0.3, -0.25) is 4.79 Å². The van der Waals surface area contributed by atoms with Gasteiger partial charge in [0.15, 0.2) is 0 Å². The van der Waals surface area contributed by atoms with Crippen LogP contribution < -0.4 is 11.1 Å². The first kappa shape index (κ1) is 12.8. The van der Waals surface area contributed by atoms with E-state index in [-0.39, 0.29) is 11.8 Å². The fourth-order valence-electron chi connectivity index (χ4n) is 1.56. The average molecular weight is 223 g/mol. The van der Waals surface area contributed by atoms with Gasteiger partial charge >= 0.3 is 0 Å². The lowest BCUT2D eigenvalue weighted by atomic mass is 10.1. The Hall–Kier alpha value is -1.29. The van der Waals surface area contributed by atoms with E-state index in [1.54, 1.807) is 0 Å². The first-order valence-electron chi connectivity index (χ1n) is 5.82. The van der Waals surface area contributed by atoms with Crippen LogP contribution in [0.2, 0.25) is 0 Å². The summed E-state index contributed by atoms with van der Waals surface area (Å²) in [6, 6.07) is 3.96. The minimum atomic E-state index is 0.0632. The van der Waals surface area contributed by atoms with Crippen LogP contribution in [0.25, 0.3) is 0 Å². The summed E-state index contributed by atoms with van der Waals surface area (Å²) in [6.07, 6.45) is 5.76. The number of nitrogens with one attached hydrogen (secondary N) is 1. The molecule has 4 heteroatoms. The zero-order valence-corrected chi connectivity index (χ0v) is 9.86. The Bertz CT molecular complexity index is 295. The predicted octanol–water partition coefficient (Wildman–Crippen LogP) is 0.979. The number of aromatic nitrogens is 1. The van der Waals surface area contributed by atoms with Crippen molar-refractivity contribution in [1.82, 2.24) is 9.88 Å². The molecule has 1 heterocycles. The van der Waals surface area contributed by atoms with Crippen molar-refractivity contribution in [3.8, 4) is 0 Å². The number of carbonyl (C=O) groups excluding carboxylic acids is 1. The average Bonchev–Trinajstić information content (AvgIpc) is 2.78. The first-order chi connectivity index (χ1) is 7.74. The van der Waals surface area contributed by atoms with Gasteiger partial charge in [0.05, 0.1) is 0 Å².